The molecule has 1 saturated carbocycles. The fraction of sp³-hybridized carbons (Fsp3) is 0.195. The summed E-state index contributed by atoms with van der Waals surface area (Å²) in [6, 6.07) is 26.4. The number of hydrogen-bond acceptors (Lipinski definition) is 11. The summed E-state index contributed by atoms with van der Waals surface area (Å²) in [5.41, 5.74) is 15.6. The SMILES string of the molecule is CCN1C(=O)CNc2ncc(-c3ccc(-c4ncn[nH]4)nc3C)nc21.Cl.NC1(c2ccc(-c3nc4ccn5c(=O)[nH]nc5c4cc3-c3ccccc3)cc2)CCC1. The molecule has 5 N–H and O–H groups in total. The van der Waals surface area contributed by atoms with Crippen LogP contribution in [0.15, 0.2) is 102 Å². The summed E-state index contributed by atoms with van der Waals surface area (Å²) in [6.07, 6.45) is 8.10. The molecule has 0 atom stereocenters. The number of rotatable bonds is 6. The Morgan fingerprint density at radius 2 is 1.67 bits per heavy atom. The molecule has 7 heterocycles. The number of benzene rings is 2. The molecule has 10 rings (SSSR count). The number of aryl methyl sites for hydroxylation is 1. The van der Waals surface area contributed by atoms with Gasteiger partial charge in [0.1, 0.15) is 12.0 Å². The molecule has 0 unspecified atom stereocenters. The predicted molar refractivity (Wildman–Crippen MR) is 221 cm³/mol. The van der Waals surface area contributed by atoms with E-state index >= 15 is 0 Å². The van der Waals surface area contributed by atoms with Crippen molar-refractivity contribution >= 4 is 46.5 Å². The quantitative estimate of drug-likeness (QED) is 0.153. The van der Waals surface area contributed by atoms with Crippen LogP contribution in [0.3, 0.4) is 0 Å². The minimum absolute atomic E-state index is 0. The Labute approximate surface area is 332 Å². The van der Waals surface area contributed by atoms with Crippen LogP contribution in [0, 0.1) is 6.92 Å². The Kier molecular flexibility index (Phi) is 9.77. The summed E-state index contributed by atoms with van der Waals surface area (Å²) in [7, 11) is 0. The number of carbonyl (C=O) groups is 1. The van der Waals surface area contributed by atoms with Gasteiger partial charge < -0.3 is 11.1 Å². The molecule has 2 aliphatic rings. The van der Waals surface area contributed by atoms with Gasteiger partial charge in [-0.1, -0.05) is 54.6 Å². The number of pyridine rings is 3. The highest BCUT2D eigenvalue weighted by atomic mass is 35.5. The van der Waals surface area contributed by atoms with E-state index in [1.165, 1.54) is 22.7 Å². The van der Waals surface area contributed by atoms with Crippen LogP contribution in [-0.4, -0.2) is 68.7 Å². The van der Waals surface area contributed by atoms with Gasteiger partial charge in [-0.15, -0.1) is 12.4 Å². The van der Waals surface area contributed by atoms with E-state index in [1.54, 1.807) is 17.3 Å². The number of aromatic nitrogens is 10. The number of nitrogens with one attached hydrogen (secondary N) is 3. The molecule has 0 spiro atoms. The minimum Gasteiger partial charge on any atom is -0.358 e. The lowest BCUT2D eigenvalue weighted by atomic mass is 9.72. The molecular weight excluding hydrogens is 742 g/mol. The van der Waals surface area contributed by atoms with Crippen LogP contribution in [0.1, 0.15) is 37.4 Å². The van der Waals surface area contributed by atoms with Crippen molar-refractivity contribution in [3.63, 3.8) is 0 Å². The van der Waals surface area contributed by atoms with Crippen LogP contribution in [-0.2, 0) is 10.3 Å². The molecule has 1 aliphatic carbocycles. The Bertz CT molecular complexity index is 2800. The summed E-state index contributed by atoms with van der Waals surface area (Å²) in [4.78, 5) is 48.4. The predicted octanol–water partition coefficient (Wildman–Crippen LogP) is 6.08. The lowest BCUT2D eigenvalue weighted by Crippen LogP contribution is -2.43. The summed E-state index contributed by atoms with van der Waals surface area (Å²) in [5.74, 6) is 1.76. The second kappa shape index (κ2) is 15.0. The van der Waals surface area contributed by atoms with Gasteiger partial charge >= 0.3 is 5.69 Å². The molecule has 1 amide bonds. The molecule has 286 valence electrons. The highest BCUT2D eigenvalue weighted by Gasteiger charge is 2.34. The van der Waals surface area contributed by atoms with Crippen LogP contribution in [0.4, 0.5) is 11.6 Å². The van der Waals surface area contributed by atoms with Gasteiger partial charge in [-0.05, 0) is 68.5 Å². The van der Waals surface area contributed by atoms with E-state index in [0.29, 0.717) is 41.0 Å². The lowest BCUT2D eigenvalue weighted by molar-refractivity contribution is -0.117. The standard InChI is InChI=1S/C25H21N5O.C16H16N8O.ClH/c26-25(12-4-13-25)18-9-7-17(8-10-18)22-19(16-5-2-1-3-6-16)15-20-21(27-22)11-14-30-23(20)28-29-24(30)31;1-3-24-13(25)7-18-15-16(24)22-12(6-17-15)10-4-5-11(21-9(10)2)14-19-8-20-23-14;/h1-3,5-11,14-15H,4,12-13,26H2,(H,29,31);4-6,8H,3,7H2,1-2H3,(H,17,18)(H,19,20,23);1H. The van der Waals surface area contributed by atoms with Gasteiger partial charge in [0.2, 0.25) is 5.91 Å². The summed E-state index contributed by atoms with van der Waals surface area (Å²) >= 11 is 0. The first-order valence-corrected chi connectivity index (χ1v) is 18.4. The molecule has 57 heavy (non-hydrogen) atoms. The smallest absolute Gasteiger partial charge is 0.347 e. The van der Waals surface area contributed by atoms with Crippen molar-refractivity contribution in [2.45, 2.75) is 38.6 Å². The number of amides is 1. The van der Waals surface area contributed by atoms with Crippen molar-refractivity contribution in [1.29, 1.82) is 0 Å². The van der Waals surface area contributed by atoms with E-state index in [2.05, 4.69) is 88.1 Å². The maximum Gasteiger partial charge on any atom is 0.347 e. The molecule has 16 heteroatoms. The first-order chi connectivity index (χ1) is 27.3. The number of fused-ring (bicyclic) bond motifs is 4. The summed E-state index contributed by atoms with van der Waals surface area (Å²) < 4.78 is 1.51. The van der Waals surface area contributed by atoms with Gasteiger partial charge in [0.25, 0.3) is 0 Å². The number of hydrogen-bond donors (Lipinski definition) is 4. The van der Waals surface area contributed by atoms with Crippen molar-refractivity contribution in [3.05, 3.63) is 119 Å². The number of H-pyrrole nitrogens is 2. The summed E-state index contributed by atoms with van der Waals surface area (Å²) in [5, 5.41) is 17.2. The van der Waals surface area contributed by atoms with Crippen molar-refractivity contribution in [2.75, 3.05) is 23.3 Å². The number of nitrogens with zero attached hydrogens (tertiary/aromatic N) is 9. The van der Waals surface area contributed by atoms with Gasteiger partial charge in [-0.25, -0.2) is 39.2 Å². The van der Waals surface area contributed by atoms with Crippen LogP contribution < -0.4 is 21.6 Å². The van der Waals surface area contributed by atoms with Gasteiger partial charge in [0.15, 0.2) is 23.1 Å². The zero-order valence-electron chi connectivity index (χ0n) is 31.1. The Balaban J connectivity index is 0.000000161. The molecule has 0 bridgehead atoms. The molecule has 1 aliphatic heterocycles. The third-order valence-electron chi connectivity index (χ3n) is 10.5. The maximum absolute atomic E-state index is 12.0. The molecule has 0 saturated heterocycles. The average molecular weight is 780 g/mol. The van der Waals surface area contributed by atoms with E-state index < -0.39 is 0 Å². The summed E-state index contributed by atoms with van der Waals surface area (Å²) in [6.45, 7) is 4.60. The fourth-order valence-corrected chi connectivity index (χ4v) is 7.29. The van der Waals surface area contributed by atoms with Crippen molar-refractivity contribution < 1.29 is 4.79 Å². The molecule has 1 fully saturated rings. The third-order valence-corrected chi connectivity index (χ3v) is 10.5. The van der Waals surface area contributed by atoms with E-state index in [1.807, 2.05) is 50.2 Å². The Morgan fingerprint density at radius 1 is 0.860 bits per heavy atom. The van der Waals surface area contributed by atoms with Crippen LogP contribution in [0.2, 0.25) is 0 Å². The normalized spacial score (nSPS) is 14.2. The third kappa shape index (κ3) is 6.76. The maximum atomic E-state index is 12.0. The van der Waals surface area contributed by atoms with Crippen LogP contribution in [0.25, 0.3) is 61.7 Å². The number of aromatic amines is 2. The van der Waals surface area contributed by atoms with Crippen LogP contribution in [0.5, 0.6) is 0 Å². The zero-order chi connectivity index (χ0) is 38.4. The zero-order valence-corrected chi connectivity index (χ0v) is 31.9. The number of anilines is 2. The van der Waals surface area contributed by atoms with Gasteiger partial charge in [0, 0.05) is 46.1 Å². The second-order valence-electron chi connectivity index (χ2n) is 13.9. The number of likely N-dealkylation sites (N-methyl/N-ethyl adjacent to an activating group) is 1. The first-order valence-electron chi connectivity index (χ1n) is 18.4. The highest BCUT2D eigenvalue weighted by molar-refractivity contribution is 6.01. The molecule has 2 aromatic carbocycles. The monoisotopic (exact) mass is 779 g/mol. The number of nitrogens with two attached hydrogens (primary N) is 1. The molecular formula is C41H38ClN13O2. The number of carbonyl (C=O) groups excluding carboxylic acids is 1. The first kappa shape index (κ1) is 37.1. The van der Waals surface area contributed by atoms with E-state index in [0.717, 1.165) is 57.4 Å². The van der Waals surface area contributed by atoms with Crippen molar-refractivity contribution in [2.24, 2.45) is 5.73 Å². The topological polar surface area (TPSA) is 202 Å². The average Bonchev–Trinajstić information content (AvgIpc) is 3.90. The van der Waals surface area contributed by atoms with E-state index in [-0.39, 0.29) is 36.1 Å². The largest absolute Gasteiger partial charge is 0.358 e. The molecule has 6 aromatic heterocycles. The van der Waals surface area contributed by atoms with Crippen molar-refractivity contribution in [3.8, 4) is 45.2 Å². The molecule has 15 nitrogen and oxygen atoms in total. The Morgan fingerprint density at radius 3 is 2.37 bits per heavy atom. The van der Waals surface area contributed by atoms with E-state index in [4.69, 9.17) is 10.7 Å². The molecule has 8 aromatic rings. The van der Waals surface area contributed by atoms with E-state index in [9.17, 15) is 9.59 Å². The Hall–Kier alpha value is -6.84. The van der Waals surface area contributed by atoms with Crippen LogP contribution >= 0.6 is 12.4 Å². The molecule has 0 radical (unpaired) electrons. The number of halogens is 1. The van der Waals surface area contributed by atoms with Crippen molar-refractivity contribution in [1.82, 2.24) is 49.7 Å². The lowest BCUT2D eigenvalue weighted by Gasteiger charge is -2.38. The second-order valence-corrected chi connectivity index (χ2v) is 13.9. The van der Waals surface area contributed by atoms with Gasteiger partial charge in [0.05, 0.1) is 29.6 Å². The minimum atomic E-state index is -0.260. The van der Waals surface area contributed by atoms with Gasteiger partial charge in [-0.2, -0.15) is 10.2 Å². The fourth-order valence-electron chi connectivity index (χ4n) is 7.29. The van der Waals surface area contributed by atoms with Gasteiger partial charge in [-0.3, -0.25) is 14.8 Å². The highest BCUT2D eigenvalue weighted by Crippen LogP contribution is 2.40.